The van der Waals surface area contributed by atoms with Gasteiger partial charge in [0.15, 0.2) is 5.96 Å². The average Bonchev–Trinajstić information content (AvgIpc) is 3.00. The molecule has 0 unspecified atom stereocenters. The van der Waals surface area contributed by atoms with E-state index >= 15 is 0 Å². The van der Waals surface area contributed by atoms with Crippen LogP contribution in [-0.2, 0) is 6.54 Å². The molecule has 6 nitrogen and oxygen atoms in total. The van der Waals surface area contributed by atoms with Crippen LogP contribution in [0.3, 0.4) is 0 Å². The third kappa shape index (κ3) is 6.23. The van der Waals surface area contributed by atoms with E-state index in [2.05, 4.69) is 34.4 Å². The Balaban J connectivity index is 1.42. The zero-order valence-electron chi connectivity index (χ0n) is 18.3. The molecule has 1 aliphatic heterocycles. The number of likely N-dealkylation sites (tertiary alicyclic amines) is 1. The molecule has 28 heavy (non-hydrogen) atoms. The van der Waals surface area contributed by atoms with Crippen LogP contribution >= 0.6 is 0 Å². The monoisotopic (exact) mass is 389 g/mol. The molecule has 0 amide bonds. The van der Waals surface area contributed by atoms with Crippen LogP contribution in [0.1, 0.15) is 69.7 Å². The minimum atomic E-state index is 0.587. The van der Waals surface area contributed by atoms with Gasteiger partial charge in [0.1, 0.15) is 5.76 Å². The van der Waals surface area contributed by atoms with Crippen LogP contribution in [0.15, 0.2) is 9.41 Å². The van der Waals surface area contributed by atoms with Gasteiger partial charge in [0, 0.05) is 19.1 Å². The van der Waals surface area contributed by atoms with Gasteiger partial charge in [-0.3, -0.25) is 9.89 Å². The van der Waals surface area contributed by atoms with Crippen molar-refractivity contribution in [2.24, 2.45) is 16.8 Å². The number of hydrogen-bond donors (Lipinski definition) is 2. The second-order valence-corrected chi connectivity index (χ2v) is 8.79. The van der Waals surface area contributed by atoms with E-state index in [1.807, 2.05) is 13.8 Å². The minimum Gasteiger partial charge on any atom is -0.444 e. The predicted molar refractivity (Wildman–Crippen MR) is 115 cm³/mol. The zero-order chi connectivity index (χ0) is 19.9. The summed E-state index contributed by atoms with van der Waals surface area (Å²) in [5, 5.41) is 7.11. The zero-order valence-corrected chi connectivity index (χ0v) is 18.3. The molecule has 2 heterocycles. The molecule has 1 saturated heterocycles. The molecule has 1 saturated carbocycles. The van der Waals surface area contributed by atoms with Crippen molar-refractivity contribution >= 4 is 5.96 Å². The number of oxazole rings is 1. The molecule has 158 valence electrons. The molecule has 1 aromatic rings. The van der Waals surface area contributed by atoms with Crippen LogP contribution in [0.25, 0.3) is 0 Å². The first-order valence-electron chi connectivity index (χ1n) is 11.2. The fraction of sp³-hybridized carbons (Fsp3) is 0.818. The van der Waals surface area contributed by atoms with Crippen LogP contribution in [-0.4, -0.2) is 48.1 Å². The second kappa shape index (κ2) is 10.3. The molecule has 0 radical (unpaired) electrons. The van der Waals surface area contributed by atoms with Gasteiger partial charge in [0.2, 0.25) is 5.89 Å². The van der Waals surface area contributed by atoms with Crippen molar-refractivity contribution < 1.29 is 4.42 Å². The second-order valence-electron chi connectivity index (χ2n) is 8.79. The van der Waals surface area contributed by atoms with Gasteiger partial charge in [0.05, 0.1) is 12.2 Å². The fourth-order valence-corrected chi connectivity index (χ4v) is 4.26. The molecule has 3 rings (SSSR count). The minimum absolute atomic E-state index is 0.587. The molecule has 0 bridgehead atoms. The molecule has 0 atom stereocenters. The number of nitrogens with one attached hydrogen (secondary N) is 2. The van der Waals surface area contributed by atoms with E-state index in [-0.39, 0.29) is 0 Å². The highest BCUT2D eigenvalue weighted by Crippen LogP contribution is 2.23. The quantitative estimate of drug-likeness (QED) is 0.574. The number of guanidine groups is 1. The summed E-state index contributed by atoms with van der Waals surface area (Å²) in [6.45, 7) is 13.4. The van der Waals surface area contributed by atoms with Gasteiger partial charge in [0.25, 0.3) is 0 Å². The maximum Gasteiger partial charge on any atom is 0.208 e. The molecule has 1 aromatic heterocycles. The van der Waals surface area contributed by atoms with E-state index in [4.69, 9.17) is 9.41 Å². The van der Waals surface area contributed by atoms with Gasteiger partial charge in [-0.25, -0.2) is 4.98 Å². The standard InChI is InChI=1S/C22H39N5O/c1-5-23-22(26-20-8-6-16(2)7-9-20)24-14-19-10-12-27(13-11-19)15-21-25-17(3)18(4)28-21/h16,19-20H,5-15H2,1-4H3,(H2,23,24,26). The van der Waals surface area contributed by atoms with Gasteiger partial charge < -0.3 is 15.1 Å². The van der Waals surface area contributed by atoms with E-state index in [0.29, 0.717) is 12.0 Å². The Morgan fingerprint density at radius 1 is 1.14 bits per heavy atom. The van der Waals surface area contributed by atoms with Gasteiger partial charge in [-0.1, -0.05) is 6.92 Å². The van der Waals surface area contributed by atoms with Crippen molar-refractivity contribution in [2.45, 2.75) is 78.8 Å². The first-order valence-corrected chi connectivity index (χ1v) is 11.2. The van der Waals surface area contributed by atoms with E-state index in [1.54, 1.807) is 0 Å². The molecule has 2 N–H and O–H groups in total. The molecular formula is C22H39N5O. The van der Waals surface area contributed by atoms with Crippen LogP contribution in [0, 0.1) is 25.7 Å². The first-order chi connectivity index (χ1) is 13.5. The van der Waals surface area contributed by atoms with Crippen LogP contribution in [0.4, 0.5) is 0 Å². The van der Waals surface area contributed by atoms with Gasteiger partial charge in [-0.15, -0.1) is 0 Å². The maximum absolute atomic E-state index is 5.74. The molecule has 0 spiro atoms. The van der Waals surface area contributed by atoms with Crippen LogP contribution in [0.2, 0.25) is 0 Å². The highest BCUT2D eigenvalue weighted by Gasteiger charge is 2.22. The van der Waals surface area contributed by atoms with Gasteiger partial charge >= 0.3 is 0 Å². The number of nitrogens with zero attached hydrogens (tertiary/aromatic N) is 3. The largest absolute Gasteiger partial charge is 0.444 e. The summed E-state index contributed by atoms with van der Waals surface area (Å²) < 4.78 is 5.74. The maximum atomic E-state index is 5.74. The first kappa shape index (κ1) is 21.2. The lowest BCUT2D eigenvalue weighted by Crippen LogP contribution is -2.45. The molecule has 2 aliphatic rings. The smallest absolute Gasteiger partial charge is 0.208 e. The Morgan fingerprint density at radius 3 is 2.46 bits per heavy atom. The third-order valence-corrected chi connectivity index (χ3v) is 6.35. The lowest BCUT2D eigenvalue weighted by molar-refractivity contribution is 0.166. The Labute approximate surface area is 170 Å². The molecule has 2 fully saturated rings. The van der Waals surface area contributed by atoms with Crippen molar-refractivity contribution in [3.05, 3.63) is 17.3 Å². The summed E-state index contributed by atoms with van der Waals surface area (Å²) >= 11 is 0. The van der Waals surface area contributed by atoms with Crippen molar-refractivity contribution in [1.29, 1.82) is 0 Å². The summed E-state index contributed by atoms with van der Waals surface area (Å²) in [5.74, 6) is 4.36. The number of hydrogen-bond acceptors (Lipinski definition) is 4. The highest BCUT2D eigenvalue weighted by molar-refractivity contribution is 5.80. The Morgan fingerprint density at radius 2 is 1.86 bits per heavy atom. The van der Waals surface area contributed by atoms with E-state index in [9.17, 15) is 0 Å². The fourth-order valence-electron chi connectivity index (χ4n) is 4.26. The lowest BCUT2D eigenvalue weighted by atomic mass is 9.87. The van der Waals surface area contributed by atoms with Crippen molar-refractivity contribution in [3.8, 4) is 0 Å². The average molecular weight is 390 g/mol. The Kier molecular flexibility index (Phi) is 7.77. The molecular weight excluding hydrogens is 350 g/mol. The summed E-state index contributed by atoms with van der Waals surface area (Å²) in [7, 11) is 0. The van der Waals surface area contributed by atoms with Gasteiger partial charge in [-0.2, -0.15) is 0 Å². The summed E-state index contributed by atoms with van der Waals surface area (Å²) in [6, 6.07) is 0.587. The summed E-state index contributed by atoms with van der Waals surface area (Å²) in [6.07, 6.45) is 7.59. The van der Waals surface area contributed by atoms with Crippen LogP contribution in [0.5, 0.6) is 0 Å². The molecule has 0 aromatic carbocycles. The van der Waals surface area contributed by atoms with Crippen molar-refractivity contribution in [2.75, 3.05) is 26.2 Å². The summed E-state index contributed by atoms with van der Waals surface area (Å²) in [4.78, 5) is 11.9. The normalized spacial score (nSPS) is 25.1. The SMILES string of the molecule is CCNC(=NCC1CCN(Cc2nc(C)c(C)o2)CC1)NC1CCC(C)CC1. The Bertz CT molecular complexity index is 605. The number of piperidine rings is 1. The van der Waals surface area contributed by atoms with E-state index in [0.717, 1.165) is 61.9 Å². The summed E-state index contributed by atoms with van der Waals surface area (Å²) in [5.41, 5.74) is 1.01. The number of aliphatic imine (C=N–C) groups is 1. The van der Waals surface area contributed by atoms with E-state index in [1.165, 1.54) is 38.5 Å². The molecule has 1 aliphatic carbocycles. The highest BCUT2D eigenvalue weighted by atomic mass is 16.4. The molecule has 6 heteroatoms. The third-order valence-electron chi connectivity index (χ3n) is 6.35. The Hall–Kier alpha value is -1.56. The number of rotatable bonds is 6. The number of aromatic nitrogens is 1. The topological polar surface area (TPSA) is 65.7 Å². The predicted octanol–water partition coefficient (Wildman–Crippen LogP) is 3.64. The number of aryl methyl sites for hydroxylation is 2. The van der Waals surface area contributed by atoms with Crippen LogP contribution < -0.4 is 10.6 Å². The van der Waals surface area contributed by atoms with Crippen molar-refractivity contribution in [3.63, 3.8) is 0 Å². The lowest BCUT2D eigenvalue weighted by Gasteiger charge is -2.31. The van der Waals surface area contributed by atoms with E-state index < -0.39 is 0 Å². The van der Waals surface area contributed by atoms with Crippen molar-refractivity contribution in [1.82, 2.24) is 20.5 Å². The van der Waals surface area contributed by atoms with Gasteiger partial charge in [-0.05, 0) is 84.2 Å².